The first-order valence-corrected chi connectivity index (χ1v) is 25.9. The van der Waals surface area contributed by atoms with Gasteiger partial charge < -0.3 is 4.57 Å². The molecule has 2 aromatic heterocycles. The maximum Gasteiger partial charge on any atom is 0.180 e. The summed E-state index contributed by atoms with van der Waals surface area (Å²) in [6.45, 7) is 0. The van der Waals surface area contributed by atoms with Crippen molar-refractivity contribution in [1.82, 2.24) is 4.57 Å². The summed E-state index contributed by atoms with van der Waals surface area (Å²) in [6.07, 6.45) is 0. The Morgan fingerprint density at radius 2 is 0.776 bits per heavy atom. The molecule has 0 saturated heterocycles. The summed E-state index contributed by atoms with van der Waals surface area (Å²) in [6, 6.07) is 97.4. The van der Waals surface area contributed by atoms with Crippen molar-refractivity contribution in [2.24, 2.45) is 0 Å². The highest BCUT2D eigenvalue weighted by Gasteiger charge is 2.42. The van der Waals surface area contributed by atoms with Crippen molar-refractivity contribution in [2.45, 2.75) is 0 Å². The van der Waals surface area contributed by atoms with Gasteiger partial charge in [0.1, 0.15) is 0 Å². The Hall–Kier alpha value is -8.08. The molecule has 0 amide bonds. The Labute approximate surface area is 395 Å². The molecule has 314 valence electrons. The van der Waals surface area contributed by atoms with Crippen molar-refractivity contribution in [3.8, 4) is 39.1 Å². The molecule has 0 bridgehead atoms. The molecular weight excluding hydrogens is 843 g/mol. The quantitative estimate of drug-likeness (QED) is 0.106. The molecule has 0 unspecified atom stereocenters. The summed E-state index contributed by atoms with van der Waals surface area (Å²) in [5.41, 5.74) is 10.8. The van der Waals surface area contributed by atoms with E-state index in [2.05, 4.69) is 265 Å². The van der Waals surface area contributed by atoms with Crippen LogP contribution >= 0.6 is 11.3 Å². The third-order valence-corrected chi connectivity index (χ3v) is 20.0. The van der Waals surface area contributed by atoms with E-state index in [0.29, 0.717) is 0 Å². The molecule has 0 aliphatic heterocycles. The van der Waals surface area contributed by atoms with Crippen molar-refractivity contribution in [3.63, 3.8) is 0 Å². The van der Waals surface area contributed by atoms with Crippen LogP contribution in [0.1, 0.15) is 0 Å². The smallest absolute Gasteiger partial charge is 0.180 e. The van der Waals surface area contributed by atoms with Crippen LogP contribution in [0.5, 0.6) is 0 Å². The predicted octanol–water partition coefficient (Wildman–Crippen LogP) is 14.7. The van der Waals surface area contributed by atoms with E-state index in [1.807, 2.05) is 11.3 Å². The molecule has 2 heterocycles. The number of hydrogen-bond donors (Lipinski definition) is 0. The van der Waals surface area contributed by atoms with Crippen LogP contribution in [0.2, 0.25) is 0 Å². The first kappa shape index (κ1) is 39.3. The Kier molecular flexibility index (Phi) is 9.45. The van der Waals surface area contributed by atoms with Gasteiger partial charge in [-0.05, 0) is 78.0 Å². The lowest BCUT2D eigenvalue weighted by molar-refractivity contribution is 1.19. The standard InChI is InChI=1S/C64H43NSSi/c1-6-22-44(23-7-1)57-42-46(50-40-41-61(54-35-17-16-32-51(50)54)67(47-26-10-3-11-27-47,48-28-12-4-13-29-48)49-30-14-5-15-31-49)43-58(45-24-8-2-9-25-45)62(57)65-59-36-20-18-33-52(59)55-38-39-56-53-34-19-21-37-60(53)66-64(56)63(55)65/h1-43H. The van der Waals surface area contributed by atoms with Crippen LogP contribution in [0, 0.1) is 0 Å². The van der Waals surface area contributed by atoms with Crippen molar-refractivity contribution in [2.75, 3.05) is 0 Å². The molecule has 0 N–H and O–H groups in total. The van der Waals surface area contributed by atoms with Crippen LogP contribution in [-0.4, -0.2) is 12.6 Å². The highest BCUT2D eigenvalue weighted by molar-refractivity contribution is 7.26. The van der Waals surface area contributed by atoms with Crippen molar-refractivity contribution < 1.29 is 0 Å². The van der Waals surface area contributed by atoms with Crippen LogP contribution in [0.15, 0.2) is 261 Å². The maximum atomic E-state index is 2.59. The Morgan fingerprint density at radius 3 is 1.36 bits per heavy atom. The highest BCUT2D eigenvalue weighted by Crippen LogP contribution is 2.48. The normalized spacial score (nSPS) is 11.9. The SMILES string of the molecule is c1ccc(-c2cc(-c3ccc([Si](c4ccccc4)(c4ccccc4)c4ccccc4)c4ccccc34)cc(-c3ccccc3)c2-n2c3ccccc3c3ccc4c5ccccc5sc4c32)cc1. The van der Waals surface area contributed by atoms with E-state index >= 15 is 0 Å². The van der Waals surface area contributed by atoms with Crippen molar-refractivity contribution in [1.29, 1.82) is 0 Å². The molecule has 13 aromatic rings. The van der Waals surface area contributed by atoms with E-state index in [-0.39, 0.29) is 0 Å². The van der Waals surface area contributed by atoms with Gasteiger partial charge in [0.05, 0.1) is 21.4 Å². The van der Waals surface area contributed by atoms with Gasteiger partial charge in [-0.3, -0.25) is 0 Å². The molecule has 13 rings (SSSR count). The zero-order valence-electron chi connectivity index (χ0n) is 36.7. The zero-order valence-corrected chi connectivity index (χ0v) is 38.5. The van der Waals surface area contributed by atoms with Crippen LogP contribution < -0.4 is 20.7 Å². The van der Waals surface area contributed by atoms with Gasteiger partial charge in [-0.15, -0.1) is 11.3 Å². The number of fused-ring (bicyclic) bond motifs is 8. The second-order valence-corrected chi connectivity index (χ2v) is 22.3. The number of benzene rings is 11. The summed E-state index contributed by atoms with van der Waals surface area (Å²) >= 11 is 1.90. The molecule has 0 aliphatic carbocycles. The average Bonchev–Trinajstić information content (AvgIpc) is 3.96. The molecule has 0 aliphatic rings. The average molecular weight is 886 g/mol. The number of thiophene rings is 1. The molecular formula is C64H43NSSi. The summed E-state index contributed by atoms with van der Waals surface area (Å²) in [4.78, 5) is 0. The fourth-order valence-electron chi connectivity index (χ4n) is 11.1. The van der Waals surface area contributed by atoms with Gasteiger partial charge in [0.2, 0.25) is 0 Å². The Bertz CT molecular complexity index is 3790. The molecule has 0 spiro atoms. The number of hydrogen-bond acceptors (Lipinski definition) is 1. The summed E-state index contributed by atoms with van der Waals surface area (Å²) in [7, 11) is -2.85. The summed E-state index contributed by atoms with van der Waals surface area (Å²) in [5, 5.41) is 13.1. The Morgan fingerprint density at radius 1 is 0.313 bits per heavy atom. The summed E-state index contributed by atoms with van der Waals surface area (Å²) < 4.78 is 5.21. The van der Waals surface area contributed by atoms with Gasteiger partial charge >= 0.3 is 0 Å². The number of aromatic nitrogens is 1. The zero-order chi connectivity index (χ0) is 44.3. The lowest BCUT2D eigenvalue weighted by Crippen LogP contribution is -2.74. The Balaban J connectivity index is 1.15. The van der Waals surface area contributed by atoms with Crippen molar-refractivity contribution >= 4 is 92.9 Å². The first-order valence-electron chi connectivity index (χ1n) is 23.1. The van der Waals surface area contributed by atoms with E-state index in [1.165, 1.54) is 113 Å². The molecule has 3 heteroatoms. The minimum absolute atomic E-state index is 1.18. The number of rotatable bonds is 8. The number of para-hydroxylation sites is 1. The van der Waals surface area contributed by atoms with Gasteiger partial charge in [0.25, 0.3) is 0 Å². The van der Waals surface area contributed by atoms with Crippen molar-refractivity contribution in [3.05, 3.63) is 261 Å². The third-order valence-electron chi connectivity index (χ3n) is 13.9. The highest BCUT2D eigenvalue weighted by atomic mass is 32.1. The van der Waals surface area contributed by atoms with Gasteiger partial charge in [-0.1, -0.05) is 237 Å². The van der Waals surface area contributed by atoms with Gasteiger partial charge in [0, 0.05) is 37.4 Å². The second kappa shape index (κ2) is 16.1. The lowest BCUT2D eigenvalue weighted by Gasteiger charge is -2.35. The van der Waals surface area contributed by atoms with Gasteiger partial charge in [-0.25, -0.2) is 0 Å². The van der Waals surface area contributed by atoms with Gasteiger partial charge in [-0.2, -0.15) is 0 Å². The fourth-order valence-corrected chi connectivity index (χ4v) is 17.3. The van der Waals surface area contributed by atoms with Crippen LogP contribution in [0.25, 0.3) is 91.8 Å². The number of nitrogens with zero attached hydrogens (tertiary/aromatic N) is 1. The van der Waals surface area contributed by atoms with Gasteiger partial charge in [0.15, 0.2) is 8.07 Å². The van der Waals surface area contributed by atoms with E-state index in [9.17, 15) is 0 Å². The van der Waals surface area contributed by atoms with E-state index < -0.39 is 8.07 Å². The molecule has 0 fully saturated rings. The minimum atomic E-state index is -2.85. The lowest BCUT2D eigenvalue weighted by atomic mass is 9.89. The maximum absolute atomic E-state index is 2.85. The van der Waals surface area contributed by atoms with Crippen LogP contribution in [0.4, 0.5) is 0 Å². The minimum Gasteiger partial charge on any atom is -0.307 e. The largest absolute Gasteiger partial charge is 0.307 e. The predicted molar refractivity (Wildman–Crippen MR) is 291 cm³/mol. The van der Waals surface area contributed by atoms with E-state index in [1.54, 1.807) is 0 Å². The van der Waals surface area contributed by atoms with E-state index in [0.717, 1.165) is 0 Å². The molecule has 1 nitrogen and oxygen atoms in total. The summed E-state index contributed by atoms with van der Waals surface area (Å²) in [5.74, 6) is 0. The monoisotopic (exact) mass is 885 g/mol. The molecule has 0 saturated carbocycles. The van der Waals surface area contributed by atoms with E-state index in [4.69, 9.17) is 0 Å². The first-order chi connectivity index (χ1) is 33.3. The molecule has 67 heavy (non-hydrogen) atoms. The molecule has 0 atom stereocenters. The van der Waals surface area contributed by atoms with Crippen LogP contribution in [-0.2, 0) is 0 Å². The molecule has 0 radical (unpaired) electrons. The van der Waals surface area contributed by atoms with Crippen LogP contribution in [0.3, 0.4) is 0 Å². The third kappa shape index (κ3) is 6.20. The topological polar surface area (TPSA) is 4.93 Å². The second-order valence-electron chi connectivity index (χ2n) is 17.5. The fraction of sp³-hybridized carbons (Fsp3) is 0. The molecule has 11 aromatic carbocycles.